The lowest BCUT2D eigenvalue weighted by Crippen LogP contribution is -2.16. The van der Waals surface area contributed by atoms with E-state index in [1.807, 2.05) is 38.1 Å². The van der Waals surface area contributed by atoms with E-state index in [0.29, 0.717) is 28.6 Å². The summed E-state index contributed by atoms with van der Waals surface area (Å²) in [5.41, 5.74) is 2.86. The Labute approximate surface area is 192 Å². The molecule has 2 N–H and O–H groups in total. The Bertz CT molecular complexity index is 1160. The van der Waals surface area contributed by atoms with E-state index >= 15 is 0 Å². The van der Waals surface area contributed by atoms with Gasteiger partial charge < -0.3 is 5.32 Å². The summed E-state index contributed by atoms with van der Waals surface area (Å²) in [5, 5.41) is 3.34. The zero-order valence-corrected chi connectivity index (χ0v) is 19.6. The van der Waals surface area contributed by atoms with Crippen LogP contribution in [-0.4, -0.2) is 20.1 Å². The third-order valence-corrected chi connectivity index (χ3v) is 7.15. The van der Waals surface area contributed by atoms with Crippen LogP contribution in [0.3, 0.4) is 0 Å². The average Bonchev–Trinajstić information content (AvgIpc) is 2.72. The molecule has 5 nitrogen and oxygen atoms in total. The predicted molar refractivity (Wildman–Crippen MR) is 129 cm³/mol. The quantitative estimate of drug-likeness (QED) is 0.400. The van der Waals surface area contributed by atoms with Gasteiger partial charge in [-0.15, -0.1) is 11.8 Å². The van der Waals surface area contributed by atoms with Crippen molar-refractivity contribution in [3.05, 3.63) is 82.9 Å². The predicted octanol–water partition coefficient (Wildman–Crippen LogP) is 5.88. The number of benzene rings is 3. The third kappa shape index (κ3) is 6.75. The molecule has 0 spiro atoms. The lowest BCUT2D eigenvalue weighted by Gasteiger charge is -2.12. The van der Waals surface area contributed by atoms with Crippen LogP contribution in [0.2, 0.25) is 5.02 Å². The Morgan fingerprint density at radius 3 is 2.32 bits per heavy atom. The van der Waals surface area contributed by atoms with Crippen LogP contribution in [0.1, 0.15) is 17.5 Å². The van der Waals surface area contributed by atoms with Crippen molar-refractivity contribution in [2.24, 2.45) is 0 Å². The number of amides is 1. The fourth-order valence-electron chi connectivity index (χ4n) is 2.74. The van der Waals surface area contributed by atoms with Crippen molar-refractivity contribution < 1.29 is 13.2 Å². The molecule has 0 aromatic heterocycles. The summed E-state index contributed by atoms with van der Waals surface area (Å²) in [7, 11) is -3.81. The van der Waals surface area contributed by atoms with Gasteiger partial charge in [-0.05, 0) is 67.9 Å². The normalized spacial score (nSPS) is 11.2. The van der Waals surface area contributed by atoms with Gasteiger partial charge in [0.05, 0.1) is 4.90 Å². The highest BCUT2D eigenvalue weighted by molar-refractivity contribution is 7.99. The molecule has 0 fully saturated rings. The fraction of sp³-hybridized carbons (Fsp3) is 0.174. The minimum atomic E-state index is -3.81. The summed E-state index contributed by atoms with van der Waals surface area (Å²) in [6.45, 7) is 3.85. The van der Waals surface area contributed by atoms with Gasteiger partial charge in [-0.2, -0.15) is 0 Å². The Balaban J connectivity index is 1.63. The Morgan fingerprint density at radius 1 is 0.968 bits per heavy atom. The maximum Gasteiger partial charge on any atom is 0.261 e. The summed E-state index contributed by atoms with van der Waals surface area (Å²) in [5.74, 6) is 0.465. The van der Waals surface area contributed by atoms with E-state index in [9.17, 15) is 13.2 Å². The van der Waals surface area contributed by atoms with Gasteiger partial charge in [0.1, 0.15) is 0 Å². The second kappa shape index (κ2) is 10.2. The van der Waals surface area contributed by atoms with Crippen molar-refractivity contribution in [2.45, 2.75) is 30.1 Å². The molecule has 0 aliphatic heterocycles. The largest absolute Gasteiger partial charge is 0.326 e. The van der Waals surface area contributed by atoms with E-state index in [1.165, 1.54) is 17.7 Å². The van der Waals surface area contributed by atoms with Crippen LogP contribution in [0.15, 0.2) is 76.5 Å². The molecule has 8 heteroatoms. The maximum atomic E-state index is 12.7. The summed E-state index contributed by atoms with van der Waals surface area (Å²) in [6.07, 6.45) is 0.317. The molecule has 1 amide bonds. The minimum absolute atomic E-state index is 0.0670. The van der Waals surface area contributed by atoms with Gasteiger partial charge in [-0.25, -0.2) is 8.42 Å². The summed E-state index contributed by atoms with van der Waals surface area (Å²) in [4.78, 5) is 13.6. The SMILES string of the molecule is Cc1ccc(SCCC(=O)Nc2cc(S(=O)(=O)Nc3ccc(Cl)cc3)ccc2C)cc1. The third-order valence-electron chi connectivity index (χ3n) is 4.51. The molecule has 0 atom stereocenters. The second-order valence-corrected chi connectivity index (χ2v) is 10.3. The lowest BCUT2D eigenvalue weighted by atomic mass is 10.2. The molecule has 0 bridgehead atoms. The number of carbonyl (C=O) groups excluding carboxylic acids is 1. The topological polar surface area (TPSA) is 75.3 Å². The first-order valence-corrected chi connectivity index (χ1v) is 12.5. The number of nitrogens with one attached hydrogen (secondary N) is 2. The van der Waals surface area contributed by atoms with Crippen LogP contribution in [-0.2, 0) is 14.8 Å². The molecule has 3 aromatic rings. The first-order valence-electron chi connectivity index (χ1n) is 9.61. The van der Waals surface area contributed by atoms with Crippen LogP contribution >= 0.6 is 23.4 Å². The van der Waals surface area contributed by atoms with E-state index < -0.39 is 10.0 Å². The van der Waals surface area contributed by atoms with Crippen LogP contribution in [0.4, 0.5) is 11.4 Å². The summed E-state index contributed by atoms with van der Waals surface area (Å²) < 4.78 is 28.0. The van der Waals surface area contributed by atoms with Crippen molar-refractivity contribution in [1.82, 2.24) is 0 Å². The highest BCUT2D eigenvalue weighted by atomic mass is 35.5. The lowest BCUT2D eigenvalue weighted by molar-refractivity contribution is -0.115. The van der Waals surface area contributed by atoms with Gasteiger partial charge in [0.2, 0.25) is 5.91 Å². The van der Waals surface area contributed by atoms with Crippen LogP contribution < -0.4 is 10.0 Å². The van der Waals surface area contributed by atoms with Crippen molar-refractivity contribution in [1.29, 1.82) is 0 Å². The van der Waals surface area contributed by atoms with Gasteiger partial charge in [0.15, 0.2) is 0 Å². The Kier molecular flexibility index (Phi) is 7.64. The number of hydrogen-bond donors (Lipinski definition) is 2. The van der Waals surface area contributed by atoms with Crippen molar-refractivity contribution in [2.75, 3.05) is 15.8 Å². The summed E-state index contributed by atoms with van der Waals surface area (Å²) >= 11 is 7.45. The van der Waals surface area contributed by atoms with Crippen LogP contribution in [0, 0.1) is 13.8 Å². The van der Waals surface area contributed by atoms with Gasteiger partial charge in [-0.1, -0.05) is 35.4 Å². The zero-order valence-electron chi connectivity index (χ0n) is 17.2. The Morgan fingerprint density at radius 2 is 1.65 bits per heavy atom. The highest BCUT2D eigenvalue weighted by Gasteiger charge is 2.16. The molecule has 0 aliphatic rings. The van der Waals surface area contributed by atoms with Crippen LogP contribution in [0.5, 0.6) is 0 Å². The average molecular weight is 475 g/mol. The van der Waals surface area contributed by atoms with Gasteiger partial charge in [0.25, 0.3) is 10.0 Å². The molecular formula is C23H23ClN2O3S2. The van der Waals surface area contributed by atoms with Crippen molar-refractivity contribution >= 4 is 50.7 Å². The molecule has 3 aromatic carbocycles. The first kappa shape index (κ1) is 23.2. The number of aryl methyl sites for hydroxylation is 2. The van der Waals surface area contributed by atoms with Gasteiger partial charge in [0, 0.05) is 33.5 Å². The van der Waals surface area contributed by atoms with Crippen LogP contribution in [0.25, 0.3) is 0 Å². The fourth-order valence-corrected chi connectivity index (χ4v) is 4.81. The number of thioether (sulfide) groups is 1. The molecule has 0 heterocycles. The van der Waals surface area contributed by atoms with Crippen molar-refractivity contribution in [3.8, 4) is 0 Å². The molecule has 3 rings (SSSR count). The molecule has 162 valence electrons. The van der Waals surface area contributed by atoms with Crippen molar-refractivity contribution in [3.63, 3.8) is 0 Å². The van der Waals surface area contributed by atoms with E-state index in [4.69, 9.17) is 11.6 Å². The molecule has 0 saturated carbocycles. The standard InChI is InChI=1S/C23H23ClN2O3S2/c1-16-3-10-20(11-4-16)30-14-13-23(27)25-22-15-21(12-5-17(22)2)31(28,29)26-19-8-6-18(24)7-9-19/h3-12,15,26H,13-14H2,1-2H3,(H,25,27). The number of halogens is 1. The Hall–Kier alpha value is -2.48. The van der Waals surface area contributed by atoms with E-state index in [0.717, 1.165) is 10.5 Å². The van der Waals surface area contributed by atoms with E-state index in [1.54, 1.807) is 42.1 Å². The second-order valence-electron chi connectivity index (χ2n) is 7.05. The monoisotopic (exact) mass is 474 g/mol. The number of hydrogen-bond acceptors (Lipinski definition) is 4. The molecular weight excluding hydrogens is 452 g/mol. The molecule has 0 saturated heterocycles. The molecule has 0 aliphatic carbocycles. The zero-order chi connectivity index (χ0) is 22.4. The smallest absolute Gasteiger partial charge is 0.261 e. The van der Waals surface area contributed by atoms with E-state index in [2.05, 4.69) is 10.0 Å². The van der Waals surface area contributed by atoms with E-state index in [-0.39, 0.29) is 10.8 Å². The first-order chi connectivity index (χ1) is 14.7. The number of carbonyl (C=O) groups is 1. The molecule has 31 heavy (non-hydrogen) atoms. The highest BCUT2D eigenvalue weighted by Crippen LogP contribution is 2.24. The van der Waals surface area contributed by atoms with Gasteiger partial charge >= 0.3 is 0 Å². The number of rotatable bonds is 8. The maximum absolute atomic E-state index is 12.7. The number of anilines is 2. The molecule has 0 unspecified atom stereocenters. The minimum Gasteiger partial charge on any atom is -0.326 e. The number of sulfonamides is 1. The molecule has 0 radical (unpaired) electrons. The summed E-state index contributed by atoms with van der Waals surface area (Å²) in [6, 6.07) is 19.2. The van der Waals surface area contributed by atoms with Gasteiger partial charge in [-0.3, -0.25) is 9.52 Å².